The van der Waals surface area contributed by atoms with Crippen molar-refractivity contribution in [2.24, 2.45) is 14.1 Å². The van der Waals surface area contributed by atoms with Crippen LogP contribution < -0.4 is 11.2 Å². The first-order valence-corrected chi connectivity index (χ1v) is 7.91. The summed E-state index contributed by atoms with van der Waals surface area (Å²) in [5.41, 5.74) is -0.282. The summed E-state index contributed by atoms with van der Waals surface area (Å²) in [6.45, 7) is 6.14. The lowest BCUT2D eigenvalue weighted by Crippen LogP contribution is -2.38. The lowest BCUT2D eigenvalue weighted by molar-refractivity contribution is 0.698. The Morgan fingerprint density at radius 2 is 1.81 bits per heavy atom. The molecule has 114 valence electrons. The molecule has 0 saturated heterocycles. The van der Waals surface area contributed by atoms with Gasteiger partial charge in [0.2, 0.25) is 0 Å². The summed E-state index contributed by atoms with van der Waals surface area (Å²) in [7, 11) is 3.11. The minimum atomic E-state index is -0.368. The van der Waals surface area contributed by atoms with Crippen LogP contribution in [-0.4, -0.2) is 24.4 Å². The molecule has 0 aromatic carbocycles. The van der Waals surface area contributed by atoms with Crippen molar-refractivity contribution in [1.29, 1.82) is 0 Å². The minimum Gasteiger partial charge on any atom is -0.280 e. The van der Waals surface area contributed by atoms with E-state index in [2.05, 4.69) is 23.8 Å². The third-order valence-corrected chi connectivity index (χ3v) is 4.77. The summed E-state index contributed by atoms with van der Waals surface area (Å²) in [5, 5.41) is 1.44. The van der Waals surface area contributed by atoms with E-state index in [-0.39, 0.29) is 11.2 Å². The molecule has 0 amide bonds. The number of rotatable bonds is 4. The molecular weight excluding hydrogens is 288 g/mol. The van der Waals surface area contributed by atoms with Crippen molar-refractivity contribution in [3.63, 3.8) is 0 Å². The molecule has 7 heteroatoms. The first-order valence-electron chi connectivity index (χ1n) is 7.03. The summed E-state index contributed by atoms with van der Waals surface area (Å²) >= 11 is 1.56. The largest absolute Gasteiger partial charge is 0.332 e. The molecule has 0 aliphatic carbocycles. The molecular formula is C14H20N4O2S. The zero-order valence-electron chi connectivity index (χ0n) is 13.0. The van der Waals surface area contributed by atoms with E-state index in [9.17, 15) is 9.59 Å². The van der Waals surface area contributed by atoms with E-state index < -0.39 is 0 Å². The number of thioether (sulfide) groups is 1. The first kappa shape index (κ1) is 15.8. The zero-order valence-corrected chi connectivity index (χ0v) is 13.8. The Morgan fingerprint density at radius 3 is 2.38 bits per heavy atom. The van der Waals surface area contributed by atoms with Gasteiger partial charge in [-0.3, -0.25) is 13.9 Å². The topological polar surface area (TPSA) is 69.8 Å². The fraction of sp³-hybridized carbons (Fsp3) is 0.571. The number of hydrogen-bond acceptors (Lipinski definition) is 5. The van der Waals surface area contributed by atoms with Crippen LogP contribution in [0.4, 0.5) is 0 Å². The van der Waals surface area contributed by atoms with Gasteiger partial charge in [0.15, 0.2) is 5.65 Å². The average Bonchev–Trinajstić information content (AvgIpc) is 2.49. The molecule has 0 N–H and O–H groups in total. The van der Waals surface area contributed by atoms with Crippen LogP contribution in [0.15, 0.2) is 14.6 Å². The van der Waals surface area contributed by atoms with Crippen molar-refractivity contribution < 1.29 is 0 Å². The van der Waals surface area contributed by atoms with Gasteiger partial charge >= 0.3 is 5.69 Å². The molecule has 2 aromatic heterocycles. The smallest absolute Gasteiger partial charge is 0.280 e. The van der Waals surface area contributed by atoms with Crippen molar-refractivity contribution in [3.05, 3.63) is 26.7 Å². The van der Waals surface area contributed by atoms with Crippen molar-refractivity contribution in [1.82, 2.24) is 19.1 Å². The normalized spacial score (nSPS) is 12.8. The highest BCUT2D eigenvalue weighted by molar-refractivity contribution is 8.00. The molecule has 0 bridgehead atoms. The Balaban J connectivity index is 2.89. The third kappa shape index (κ3) is 2.74. The van der Waals surface area contributed by atoms with Gasteiger partial charge in [-0.05, 0) is 6.42 Å². The van der Waals surface area contributed by atoms with Crippen LogP contribution in [0.25, 0.3) is 11.0 Å². The second kappa shape index (κ2) is 6.01. The molecule has 0 fully saturated rings. The van der Waals surface area contributed by atoms with Gasteiger partial charge in [0, 0.05) is 25.8 Å². The highest BCUT2D eigenvalue weighted by atomic mass is 32.2. The van der Waals surface area contributed by atoms with Gasteiger partial charge in [0.1, 0.15) is 16.2 Å². The van der Waals surface area contributed by atoms with Crippen molar-refractivity contribution in [2.45, 2.75) is 43.9 Å². The molecule has 2 rings (SSSR count). The molecule has 0 saturated carbocycles. The number of aryl methyl sites for hydroxylation is 2. The van der Waals surface area contributed by atoms with Gasteiger partial charge in [0.05, 0.1) is 0 Å². The van der Waals surface area contributed by atoms with Crippen LogP contribution in [-0.2, 0) is 20.5 Å². The fourth-order valence-corrected chi connectivity index (χ4v) is 2.99. The van der Waals surface area contributed by atoms with Gasteiger partial charge in [-0.25, -0.2) is 14.8 Å². The summed E-state index contributed by atoms with van der Waals surface area (Å²) in [4.78, 5) is 33.4. The van der Waals surface area contributed by atoms with Crippen LogP contribution >= 0.6 is 11.8 Å². The minimum absolute atomic E-state index is 0.332. The molecule has 0 aliphatic rings. The molecule has 2 aromatic rings. The van der Waals surface area contributed by atoms with Crippen molar-refractivity contribution >= 4 is 22.8 Å². The highest BCUT2D eigenvalue weighted by Gasteiger charge is 2.18. The van der Waals surface area contributed by atoms with Gasteiger partial charge in [-0.1, -0.05) is 20.8 Å². The van der Waals surface area contributed by atoms with Crippen LogP contribution in [0.3, 0.4) is 0 Å². The Labute approximate surface area is 127 Å². The molecule has 0 aliphatic heterocycles. The van der Waals surface area contributed by atoms with E-state index in [1.54, 1.807) is 18.8 Å². The summed E-state index contributed by atoms with van der Waals surface area (Å²) in [6, 6.07) is 0. The molecule has 0 unspecified atom stereocenters. The third-order valence-electron chi connectivity index (χ3n) is 3.52. The van der Waals surface area contributed by atoms with Crippen molar-refractivity contribution in [3.8, 4) is 0 Å². The zero-order chi connectivity index (χ0) is 15.7. The van der Waals surface area contributed by atoms with E-state index in [4.69, 9.17) is 0 Å². The molecule has 6 nitrogen and oxygen atoms in total. The number of fused-ring (bicyclic) bond motifs is 1. The molecule has 21 heavy (non-hydrogen) atoms. The average molecular weight is 308 g/mol. The second-order valence-electron chi connectivity index (χ2n) is 5.04. The lowest BCUT2D eigenvalue weighted by atomic mass is 10.3. The molecule has 0 radical (unpaired) electrons. The van der Waals surface area contributed by atoms with E-state index in [0.717, 1.165) is 11.0 Å². The standard InChI is InChI=1S/C14H20N4O2S/c1-6-8(3)21-12-10-11(15-9(7-2)16-12)17(4)14(20)18(5)13(10)19/h8H,6-7H2,1-5H3/t8-/m0/s1. The maximum Gasteiger partial charge on any atom is 0.332 e. The van der Waals surface area contributed by atoms with Gasteiger partial charge < -0.3 is 0 Å². The first-order chi connectivity index (χ1) is 9.90. The molecule has 1 atom stereocenters. The van der Waals surface area contributed by atoms with Gasteiger partial charge in [-0.2, -0.15) is 0 Å². The Kier molecular flexibility index (Phi) is 4.51. The van der Waals surface area contributed by atoms with E-state index in [1.165, 1.54) is 11.6 Å². The Morgan fingerprint density at radius 1 is 1.14 bits per heavy atom. The second-order valence-corrected chi connectivity index (χ2v) is 6.47. The van der Waals surface area contributed by atoms with E-state index >= 15 is 0 Å². The highest BCUT2D eigenvalue weighted by Crippen LogP contribution is 2.27. The summed E-state index contributed by atoms with van der Waals surface area (Å²) in [5.74, 6) is 0.650. The summed E-state index contributed by atoms with van der Waals surface area (Å²) in [6.07, 6.45) is 1.64. The maximum atomic E-state index is 12.4. The number of aromatic nitrogens is 4. The monoisotopic (exact) mass is 308 g/mol. The molecule has 2 heterocycles. The lowest BCUT2D eigenvalue weighted by Gasteiger charge is -2.13. The Hall–Kier alpha value is -1.63. The van der Waals surface area contributed by atoms with Crippen molar-refractivity contribution in [2.75, 3.05) is 0 Å². The van der Waals surface area contributed by atoms with Crippen LogP contribution in [0, 0.1) is 0 Å². The fourth-order valence-electron chi connectivity index (χ4n) is 1.99. The summed E-state index contributed by atoms with van der Waals surface area (Å²) < 4.78 is 2.52. The predicted molar refractivity (Wildman–Crippen MR) is 85.0 cm³/mol. The van der Waals surface area contributed by atoms with Gasteiger partial charge in [0.25, 0.3) is 5.56 Å². The number of hydrogen-bond donors (Lipinski definition) is 0. The van der Waals surface area contributed by atoms with E-state index in [1.807, 2.05) is 6.92 Å². The van der Waals surface area contributed by atoms with E-state index in [0.29, 0.717) is 33.6 Å². The number of nitrogens with zero attached hydrogens (tertiary/aromatic N) is 4. The van der Waals surface area contributed by atoms with Crippen LogP contribution in [0.1, 0.15) is 33.0 Å². The SMILES string of the molecule is CCc1nc(S[C@@H](C)CC)c2c(=O)n(C)c(=O)n(C)c2n1. The maximum absolute atomic E-state index is 12.4. The van der Waals surface area contributed by atoms with Crippen LogP contribution in [0.2, 0.25) is 0 Å². The quantitative estimate of drug-likeness (QED) is 0.632. The Bertz CT molecular complexity index is 794. The van der Waals surface area contributed by atoms with Crippen LogP contribution in [0.5, 0.6) is 0 Å². The van der Waals surface area contributed by atoms with Gasteiger partial charge in [-0.15, -0.1) is 11.8 Å². The predicted octanol–water partition coefficient (Wildman–Crippen LogP) is 1.48. The molecule has 0 spiro atoms.